The van der Waals surface area contributed by atoms with Gasteiger partial charge in [-0.3, -0.25) is 4.79 Å². The summed E-state index contributed by atoms with van der Waals surface area (Å²) in [5, 5.41) is 8.78. The van der Waals surface area contributed by atoms with E-state index in [1.165, 1.54) is 0 Å². The number of carbonyl (C=O) groups is 1. The second kappa shape index (κ2) is 3.23. The number of hydrogen-bond donors (Lipinski definition) is 1. The van der Waals surface area contributed by atoms with E-state index in [1.807, 2.05) is 0 Å². The van der Waals surface area contributed by atoms with E-state index in [-0.39, 0.29) is 5.60 Å². The Kier molecular flexibility index (Phi) is 2.30. The van der Waals surface area contributed by atoms with Gasteiger partial charge in [-0.05, 0) is 44.4 Å². The maximum Gasteiger partial charge on any atom is 0.303 e. The molecule has 1 saturated carbocycles. The Bertz CT molecular complexity index is 247. The third-order valence-electron chi connectivity index (χ3n) is 3.95. The van der Waals surface area contributed by atoms with E-state index in [1.54, 1.807) is 0 Å². The molecule has 0 aromatic rings. The summed E-state index contributed by atoms with van der Waals surface area (Å²) < 4.78 is 5.73. The molecule has 0 aromatic carbocycles. The van der Waals surface area contributed by atoms with Crippen molar-refractivity contribution in [3.63, 3.8) is 0 Å². The van der Waals surface area contributed by atoms with Crippen molar-refractivity contribution < 1.29 is 14.6 Å². The minimum Gasteiger partial charge on any atom is -0.481 e. The monoisotopic (exact) mass is 198 g/mol. The largest absolute Gasteiger partial charge is 0.481 e. The van der Waals surface area contributed by atoms with Gasteiger partial charge in [-0.25, -0.2) is 0 Å². The predicted molar refractivity (Wildman–Crippen MR) is 52.0 cm³/mol. The molecule has 2 aliphatic rings. The number of hydrogen-bond acceptors (Lipinski definition) is 2. The molecule has 14 heavy (non-hydrogen) atoms. The Hall–Kier alpha value is -0.570. The number of aliphatic carboxylic acids is 1. The van der Waals surface area contributed by atoms with Crippen LogP contribution in [0.2, 0.25) is 0 Å². The first-order valence-electron chi connectivity index (χ1n) is 5.36. The van der Waals surface area contributed by atoms with E-state index in [4.69, 9.17) is 9.84 Å². The zero-order valence-electron chi connectivity index (χ0n) is 8.82. The molecule has 1 saturated heterocycles. The summed E-state index contributed by atoms with van der Waals surface area (Å²) in [4.78, 5) is 10.7. The number of rotatable bonds is 2. The minimum atomic E-state index is -0.666. The highest BCUT2D eigenvalue weighted by atomic mass is 16.5. The molecule has 1 aliphatic carbocycles. The lowest BCUT2D eigenvalue weighted by Gasteiger charge is -2.24. The van der Waals surface area contributed by atoms with E-state index in [0.29, 0.717) is 24.2 Å². The van der Waals surface area contributed by atoms with Crippen molar-refractivity contribution in [3.05, 3.63) is 0 Å². The van der Waals surface area contributed by atoms with Crippen LogP contribution in [0, 0.1) is 17.8 Å². The van der Waals surface area contributed by atoms with Crippen molar-refractivity contribution >= 4 is 5.97 Å². The third-order valence-corrected chi connectivity index (χ3v) is 3.95. The van der Waals surface area contributed by atoms with Crippen molar-refractivity contribution in [1.29, 1.82) is 0 Å². The van der Waals surface area contributed by atoms with Crippen molar-refractivity contribution in [2.24, 2.45) is 17.8 Å². The fourth-order valence-corrected chi connectivity index (χ4v) is 3.16. The topological polar surface area (TPSA) is 46.5 Å². The van der Waals surface area contributed by atoms with Gasteiger partial charge >= 0.3 is 5.97 Å². The van der Waals surface area contributed by atoms with E-state index in [9.17, 15) is 4.79 Å². The van der Waals surface area contributed by atoms with Gasteiger partial charge in [-0.2, -0.15) is 0 Å². The summed E-state index contributed by atoms with van der Waals surface area (Å²) in [6.07, 6.45) is 2.52. The van der Waals surface area contributed by atoms with Crippen LogP contribution in [0.25, 0.3) is 0 Å². The highest BCUT2D eigenvalue weighted by Gasteiger charge is 2.50. The number of carboxylic acid groups (broad SMARTS) is 1. The van der Waals surface area contributed by atoms with Gasteiger partial charge in [0.15, 0.2) is 0 Å². The fraction of sp³-hybridized carbons (Fsp3) is 0.909. The number of ether oxygens (including phenoxy) is 1. The van der Waals surface area contributed by atoms with Crippen LogP contribution in [-0.2, 0) is 9.53 Å². The summed E-state index contributed by atoms with van der Waals surface area (Å²) in [5.41, 5.74) is -0.0298. The standard InChI is InChI=1S/C11H18O3/c1-11(2)9-4-3-7(5-10(12)13)8(9)6-14-11/h7-9H,3-6H2,1-2H3,(H,12,13). The minimum absolute atomic E-state index is 0.0298. The van der Waals surface area contributed by atoms with Gasteiger partial charge in [0.1, 0.15) is 0 Å². The molecular weight excluding hydrogens is 180 g/mol. The molecular formula is C11H18O3. The van der Waals surface area contributed by atoms with Crippen LogP contribution in [-0.4, -0.2) is 23.3 Å². The van der Waals surface area contributed by atoms with Gasteiger partial charge in [0, 0.05) is 6.42 Å². The summed E-state index contributed by atoms with van der Waals surface area (Å²) in [5.74, 6) is 0.743. The summed E-state index contributed by atoms with van der Waals surface area (Å²) in [6.45, 7) is 5.01. The van der Waals surface area contributed by atoms with Crippen molar-refractivity contribution in [2.75, 3.05) is 6.61 Å². The zero-order chi connectivity index (χ0) is 10.3. The van der Waals surface area contributed by atoms with Crippen LogP contribution >= 0.6 is 0 Å². The Morgan fingerprint density at radius 2 is 2.21 bits per heavy atom. The van der Waals surface area contributed by atoms with Gasteiger partial charge in [0.25, 0.3) is 0 Å². The van der Waals surface area contributed by atoms with E-state index in [0.717, 1.165) is 19.4 Å². The zero-order valence-corrected chi connectivity index (χ0v) is 8.82. The number of carboxylic acids is 1. The second-order valence-corrected chi connectivity index (χ2v) is 5.12. The van der Waals surface area contributed by atoms with Gasteiger partial charge in [0.05, 0.1) is 12.2 Å². The van der Waals surface area contributed by atoms with Crippen LogP contribution in [0.5, 0.6) is 0 Å². The summed E-state index contributed by atoms with van der Waals surface area (Å²) in [6, 6.07) is 0. The Morgan fingerprint density at radius 3 is 2.86 bits per heavy atom. The summed E-state index contributed by atoms with van der Waals surface area (Å²) in [7, 11) is 0. The first-order chi connectivity index (χ1) is 6.50. The van der Waals surface area contributed by atoms with Crippen LogP contribution in [0.1, 0.15) is 33.1 Å². The molecule has 0 bridgehead atoms. The molecule has 3 nitrogen and oxygen atoms in total. The lowest BCUT2D eigenvalue weighted by atomic mass is 9.82. The molecule has 2 fully saturated rings. The Labute approximate surface area is 84.4 Å². The van der Waals surface area contributed by atoms with Crippen LogP contribution in [0.4, 0.5) is 0 Å². The molecule has 1 aliphatic heterocycles. The molecule has 3 unspecified atom stereocenters. The van der Waals surface area contributed by atoms with Gasteiger partial charge in [0.2, 0.25) is 0 Å². The molecule has 80 valence electrons. The van der Waals surface area contributed by atoms with Crippen LogP contribution < -0.4 is 0 Å². The van der Waals surface area contributed by atoms with Gasteiger partial charge in [-0.1, -0.05) is 0 Å². The molecule has 1 N–H and O–H groups in total. The molecule has 3 heteroatoms. The highest BCUT2D eigenvalue weighted by molar-refractivity contribution is 5.67. The molecule has 0 spiro atoms. The van der Waals surface area contributed by atoms with Gasteiger partial charge in [-0.15, -0.1) is 0 Å². The maximum atomic E-state index is 10.7. The summed E-state index contributed by atoms with van der Waals surface area (Å²) >= 11 is 0. The maximum absolute atomic E-state index is 10.7. The predicted octanol–water partition coefficient (Wildman–Crippen LogP) is 1.91. The average Bonchev–Trinajstić information content (AvgIpc) is 2.55. The smallest absolute Gasteiger partial charge is 0.303 e. The first-order valence-corrected chi connectivity index (χ1v) is 5.36. The SMILES string of the molecule is CC1(C)OCC2C(CC(=O)O)CCC21. The Morgan fingerprint density at radius 1 is 1.50 bits per heavy atom. The van der Waals surface area contributed by atoms with Gasteiger partial charge < -0.3 is 9.84 Å². The number of fused-ring (bicyclic) bond motifs is 1. The molecule has 2 rings (SSSR count). The van der Waals surface area contributed by atoms with Crippen molar-refractivity contribution in [1.82, 2.24) is 0 Å². The van der Waals surface area contributed by atoms with Crippen molar-refractivity contribution in [3.8, 4) is 0 Å². The lowest BCUT2D eigenvalue weighted by Crippen LogP contribution is -2.27. The van der Waals surface area contributed by atoms with Crippen LogP contribution in [0.3, 0.4) is 0 Å². The molecule has 0 amide bonds. The van der Waals surface area contributed by atoms with E-state index < -0.39 is 5.97 Å². The fourth-order valence-electron chi connectivity index (χ4n) is 3.16. The molecule has 0 aromatic heterocycles. The lowest BCUT2D eigenvalue weighted by molar-refractivity contribution is -0.138. The normalized spacial score (nSPS) is 39.7. The second-order valence-electron chi connectivity index (χ2n) is 5.12. The van der Waals surface area contributed by atoms with Crippen molar-refractivity contribution in [2.45, 2.75) is 38.7 Å². The molecule has 3 atom stereocenters. The average molecular weight is 198 g/mol. The Balaban J connectivity index is 2.04. The van der Waals surface area contributed by atoms with E-state index in [2.05, 4.69) is 13.8 Å². The quantitative estimate of drug-likeness (QED) is 0.737. The first kappa shape index (κ1) is 9.97. The molecule has 0 radical (unpaired) electrons. The third kappa shape index (κ3) is 1.54. The molecule has 1 heterocycles. The van der Waals surface area contributed by atoms with E-state index >= 15 is 0 Å². The highest BCUT2D eigenvalue weighted by Crippen LogP contribution is 2.50. The van der Waals surface area contributed by atoms with Crippen LogP contribution in [0.15, 0.2) is 0 Å².